The van der Waals surface area contributed by atoms with Crippen LogP contribution in [-0.4, -0.2) is 40.4 Å². The second-order valence-electron chi connectivity index (χ2n) is 6.95. The molecule has 0 saturated heterocycles. The molecule has 0 aliphatic heterocycles. The van der Waals surface area contributed by atoms with Crippen molar-refractivity contribution in [1.82, 2.24) is 34.7 Å². The number of anilines is 2. The van der Waals surface area contributed by atoms with E-state index in [0.29, 0.717) is 22.9 Å². The Bertz CT molecular complexity index is 1340. The number of nitrogens with two attached hydrogens (primary N) is 1. The minimum absolute atomic E-state index is 0.00800. The van der Waals surface area contributed by atoms with Crippen LogP contribution >= 0.6 is 0 Å². The molecule has 4 rings (SSSR count). The lowest BCUT2D eigenvalue weighted by molar-refractivity contribution is 0.767. The lowest BCUT2D eigenvalue weighted by Crippen LogP contribution is -2.17. The standard InChI is InChI=1S/C21H19N11/c1-12(15-6-7-25-20(31-15)13-9-28-32(2)10-13)29-21-17(19(24)26-11-27-21)18(23)16-5-3-4-14(8-22)30-16/h3-7,9-12,23H,1-2H3,(H3,24,26,27,29). The van der Waals surface area contributed by atoms with E-state index < -0.39 is 0 Å². The second-order valence-corrected chi connectivity index (χ2v) is 6.95. The minimum atomic E-state index is -0.285. The van der Waals surface area contributed by atoms with E-state index in [2.05, 4.69) is 35.3 Å². The van der Waals surface area contributed by atoms with Gasteiger partial charge in [0.05, 0.1) is 40.5 Å². The van der Waals surface area contributed by atoms with Gasteiger partial charge in [0.1, 0.15) is 29.7 Å². The van der Waals surface area contributed by atoms with Crippen LogP contribution in [0.15, 0.2) is 49.2 Å². The minimum Gasteiger partial charge on any atom is -0.383 e. The van der Waals surface area contributed by atoms with Gasteiger partial charge < -0.3 is 11.1 Å². The maximum atomic E-state index is 9.11. The molecule has 0 spiro atoms. The molecule has 1 unspecified atom stereocenters. The summed E-state index contributed by atoms with van der Waals surface area (Å²) in [4.78, 5) is 21.4. The molecule has 4 heterocycles. The Morgan fingerprint density at radius 2 is 2.06 bits per heavy atom. The molecule has 0 aliphatic carbocycles. The summed E-state index contributed by atoms with van der Waals surface area (Å²) in [6, 6.07) is 8.34. The molecule has 0 radical (unpaired) electrons. The number of hydrogen-bond acceptors (Lipinski definition) is 10. The fourth-order valence-corrected chi connectivity index (χ4v) is 3.09. The van der Waals surface area contributed by atoms with E-state index in [1.54, 1.807) is 41.3 Å². The third-order valence-electron chi connectivity index (χ3n) is 4.68. The van der Waals surface area contributed by atoms with Gasteiger partial charge in [-0.1, -0.05) is 6.07 Å². The SMILES string of the molecule is CC(Nc1ncnc(N)c1C(=N)c1cccc(C#N)n1)c1ccnc(-c2cnn(C)c2)n1. The monoisotopic (exact) mass is 425 g/mol. The van der Waals surface area contributed by atoms with Crippen molar-refractivity contribution in [2.45, 2.75) is 13.0 Å². The van der Waals surface area contributed by atoms with E-state index in [0.717, 1.165) is 11.3 Å². The summed E-state index contributed by atoms with van der Waals surface area (Å²) >= 11 is 0. The maximum Gasteiger partial charge on any atom is 0.162 e. The molecule has 0 bridgehead atoms. The normalized spacial score (nSPS) is 11.5. The van der Waals surface area contributed by atoms with Gasteiger partial charge in [-0.15, -0.1) is 0 Å². The zero-order valence-corrected chi connectivity index (χ0v) is 17.4. The summed E-state index contributed by atoms with van der Waals surface area (Å²) in [5.74, 6) is 1.04. The van der Waals surface area contributed by atoms with Crippen molar-refractivity contribution in [3.05, 3.63) is 71.8 Å². The number of aryl methyl sites for hydroxylation is 1. The van der Waals surface area contributed by atoms with Crippen LogP contribution < -0.4 is 11.1 Å². The van der Waals surface area contributed by atoms with Gasteiger partial charge in [-0.2, -0.15) is 10.4 Å². The highest BCUT2D eigenvalue weighted by molar-refractivity contribution is 6.15. The molecule has 0 aromatic carbocycles. The highest BCUT2D eigenvalue weighted by Crippen LogP contribution is 2.25. The quantitative estimate of drug-likeness (QED) is 0.392. The van der Waals surface area contributed by atoms with Gasteiger partial charge in [0.15, 0.2) is 5.82 Å². The van der Waals surface area contributed by atoms with E-state index in [1.807, 2.05) is 26.2 Å². The number of nitrogens with zero attached hydrogens (tertiary/aromatic N) is 8. The number of hydrogen-bond donors (Lipinski definition) is 3. The summed E-state index contributed by atoms with van der Waals surface area (Å²) in [7, 11) is 1.83. The number of nitriles is 1. The lowest BCUT2D eigenvalue weighted by atomic mass is 10.1. The molecular formula is C21H19N11. The van der Waals surface area contributed by atoms with Crippen LogP contribution in [0.4, 0.5) is 11.6 Å². The molecule has 158 valence electrons. The first-order valence-electron chi connectivity index (χ1n) is 9.61. The van der Waals surface area contributed by atoms with Crippen molar-refractivity contribution in [2.24, 2.45) is 7.05 Å². The van der Waals surface area contributed by atoms with Crippen molar-refractivity contribution in [3.8, 4) is 17.5 Å². The second kappa shape index (κ2) is 8.57. The number of aromatic nitrogens is 7. The van der Waals surface area contributed by atoms with Crippen molar-refractivity contribution in [2.75, 3.05) is 11.1 Å². The third kappa shape index (κ3) is 4.10. The smallest absolute Gasteiger partial charge is 0.162 e. The van der Waals surface area contributed by atoms with Crippen LogP contribution in [0.2, 0.25) is 0 Å². The molecule has 4 aromatic heterocycles. The van der Waals surface area contributed by atoms with Gasteiger partial charge in [0.2, 0.25) is 0 Å². The van der Waals surface area contributed by atoms with Crippen LogP contribution in [0.25, 0.3) is 11.4 Å². The first-order valence-corrected chi connectivity index (χ1v) is 9.61. The number of nitrogen functional groups attached to an aromatic ring is 1. The first kappa shape index (κ1) is 20.5. The van der Waals surface area contributed by atoms with Crippen molar-refractivity contribution < 1.29 is 0 Å². The van der Waals surface area contributed by atoms with Crippen molar-refractivity contribution >= 4 is 17.3 Å². The van der Waals surface area contributed by atoms with Crippen LogP contribution in [0.3, 0.4) is 0 Å². The fraction of sp³-hybridized carbons (Fsp3) is 0.143. The van der Waals surface area contributed by atoms with E-state index in [4.69, 9.17) is 16.4 Å². The van der Waals surface area contributed by atoms with E-state index >= 15 is 0 Å². The van der Waals surface area contributed by atoms with Crippen LogP contribution in [0, 0.1) is 16.7 Å². The molecule has 1 atom stereocenters. The summed E-state index contributed by atoms with van der Waals surface area (Å²) in [6.45, 7) is 1.91. The van der Waals surface area contributed by atoms with Gasteiger partial charge in [-0.05, 0) is 25.1 Å². The Morgan fingerprint density at radius 1 is 1.22 bits per heavy atom. The molecule has 11 heteroatoms. The summed E-state index contributed by atoms with van der Waals surface area (Å²) in [5, 5.41) is 25.1. The predicted molar refractivity (Wildman–Crippen MR) is 118 cm³/mol. The summed E-state index contributed by atoms with van der Waals surface area (Å²) < 4.78 is 1.68. The molecule has 0 fully saturated rings. The van der Waals surface area contributed by atoms with E-state index in [-0.39, 0.29) is 23.3 Å². The number of nitrogens with one attached hydrogen (secondary N) is 2. The van der Waals surface area contributed by atoms with Crippen LogP contribution in [0.1, 0.15) is 35.6 Å². The third-order valence-corrected chi connectivity index (χ3v) is 4.68. The molecule has 11 nitrogen and oxygen atoms in total. The Labute approximate surface area is 183 Å². The van der Waals surface area contributed by atoms with Gasteiger partial charge in [0.25, 0.3) is 0 Å². The van der Waals surface area contributed by atoms with Gasteiger partial charge in [-0.25, -0.2) is 24.9 Å². The van der Waals surface area contributed by atoms with E-state index in [9.17, 15) is 0 Å². The average molecular weight is 425 g/mol. The molecule has 0 amide bonds. The predicted octanol–water partition coefficient (Wildman–Crippen LogP) is 2.11. The van der Waals surface area contributed by atoms with Crippen molar-refractivity contribution in [1.29, 1.82) is 10.7 Å². The molecule has 32 heavy (non-hydrogen) atoms. The Balaban J connectivity index is 1.65. The Morgan fingerprint density at radius 3 is 2.81 bits per heavy atom. The average Bonchev–Trinajstić information content (AvgIpc) is 3.25. The fourth-order valence-electron chi connectivity index (χ4n) is 3.09. The summed E-state index contributed by atoms with van der Waals surface area (Å²) in [5.41, 5.74) is 8.41. The van der Waals surface area contributed by atoms with Crippen LogP contribution in [-0.2, 0) is 7.05 Å². The van der Waals surface area contributed by atoms with Gasteiger partial charge in [-0.3, -0.25) is 10.1 Å². The maximum absolute atomic E-state index is 9.11. The Hall–Kier alpha value is -4.72. The van der Waals surface area contributed by atoms with E-state index in [1.165, 1.54) is 6.33 Å². The zero-order valence-electron chi connectivity index (χ0n) is 17.4. The number of pyridine rings is 1. The highest BCUT2D eigenvalue weighted by atomic mass is 15.2. The highest BCUT2D eigenvalue weighted by Gasteiger charge is 2.20. The topological polar surface area (TPSA) is 168 Å². The Kier molecular flexibility index (Phi) is 5.50. The first-order chi connectivity index (χ1) is 15.5. The molecule has 4 aromatic rings. The lowest BCUT2D eigenvalue weighted by Gasteiger charge is -2.18. The molecule has 0 saturated carbocycles. The number of rotatable bonds is 6. The summed E-state index contributed by atoms with van der Waals surface area (Å²) in [6.07, 6.45) is 6.53. The van der Waals surface area contributed by atoms with Crippen LogP contribution in [0.5, 0.6) is 0 Å². The van der Waals surface area contributed by atoms with Gasteiger partial charge in [0, 0.05) is 19.4 Å². The van der Waals surface area contributed by atoms with Gasteiger partial charge >= 0.3 is 0 Å². The zero-order chi connectivity index (χ0) is 22.7. The molecule has 4 N–H and O–H groups in total. The van der Waals surface area contributed by atoms with Crippen molar-refractivity contribution in [3.63, 3.8) is 0 Å². The largest absolute Gasteiger partial charge is 0.383 e. The molecule has 0 aliphatic rings. The molecular weight excluding hydrogens is 406 g/mol.